The molecule has 0 aromatic heterocycles. The highest BCUT2D eigenvalue weighted by molar-refractivity contribution is 7.90. The van der Waals surface area contributed by atoms with Crippen molar-refractivity contribution in [1.82, 2.24) is 4.90 Å². The molecule has 1 amide bonds. The van der Waals surface area contributed by atoms with E-state index >= 15 is 0 Å². The molecule has 0 unspecified atom stereocenters. The Bertz CT molecular complexity index is 490. The molecule has 0 atom stereocenters. The van der Waals surface area contributed by atoms with Gasteiger partial charge >= 0.3 is 5.97 Å². The first-order valence-corrected chi connectivity index (χ1v) is 8.13. The van der Waals surface area contributed by atoms with E-state index in [0.717, 1.165) is 6.26 Å². The average molecular weight is 291 g/mol. The molecule has 6 nitrogen and oxygen atoms in total. The summed E-state index contributed by atoms with van der Waals surface area (Å²) in [4.78, 5) is 24.4. The predicted molar refractivity (Wildman–Crippen MR) is 70.5 cm³/mol. The van der Waals surface area contributed by atoms with Gasteiger partial charge in [0.1, 0.15) is 15.4 Å². The number of carboxylic acids is 1. The van der Waals surface area contributed by atoms with Crippen LogP contribution in [0.5, 0.6) is 0 Å². The molecule has 0 saturated heterocycles. The number of amides is 1. The molecular formula is C12H21NO5S. The first kappa shape index (κ1) is 15.9. The number of carbonyl (C=O) groups excluding carboxylic acids is 1. The topological polar surface area (TPSA) is 91.8 Å². The van der Waals surface area contributed by atoms with Crippen LogP contribution in [0.1, 0.15) is 33.1 Å². The van der Waals surface area contributed by atoms with E-state index in [1.54, 1.807) is 0 Å². The third-order valence-electron chi connectivity index (χ3n) is 3.79. The maximum Gasteiger partial charge on any atom is 0.329 e. The normalized spacial score (nSPS) is 17.9. The summed E-state index contributed by atoms with van der Waals surface area (Å²) in [5.74, 6) is -1.42. The second-order valence-corrected chi connectivity index (χ2v) is 8.20. The Morgan fingerprint density at radius 3 is 2.11 bits per heavy atom. The third kappa shape index (κ3) is 3.92. The van der Waals surface area contributed by atoms with Gasteiger partial charge in [0.2, 0.25) is 5.91 Å². The maximum atomic E-state index is 12.1. The molecule has 0 heterocycles. The van der Waals surface area contributed by atoms with Crippen LogP contribution in [0, 0.1) is 5.41 Å². The van der Waals surface area contributed by atoms with E-state index in [2.05, 4.69) is 0 Å². The highest BCUT2D eigenvalue weighted by atomic mass is 32.2. The lowest BCUT2D eigenvalue weighted by Gasteiger charge is -2.32. The Labute approximate surface area is 113 Å². The summed E-state index contributed by atoms with van der Waals surface area (Å²) >= 11 is 0. The highest BCUT2D eigenvalue weighted by Gasteiger charge is 2.48. The van der Waals surface area contributed by atoms with Gasteiger partial charge in [-0.15, -0.1) is 0 Å². The van der Waals surface area contributed by atoms with Crippen LogP contribution in [0.25, 0.3) is 0 Å². The van der Waals surface area contributed by atoms with Crippen LogP contribution in [0.15, 0.2) is 0 Å². The SMILES string of the molecule is CN(C(=O)CC1(CS(C)(=O)=O)CC1)C(C)(C)C(=O)O. The van der Waals surface area contributed by atoms with E-state index in [4.69, 9.17) is 5.11 Å². The zero-order valence-electron chi connectivity index (χ0n) is 11.8. The molecule has 19 heavy (non-hydrogen) atoms. The number of likely N-dealkylation sites (N-methyl/N-ethyl adjacent to an activating group) is 1. The Balaban J connectivity index is 2.74. The van der Waals surface area contributed by atoms with Crippen LogP contribution < -0.4 is 0 Å². The van der Waals surface area contributed by atoms with Crippen LogP contribution in [-0.2, 0) is 19.4 Å². The van der Waals surface area contributed by atoms with Crippen molar-refractivity contribution >= 4 is 21.7 Å². The summed E-state index contributed by atoms with van der Waals surface area (Å²) in [5.41, 5.74) is -1.77. The van der Waals surface area contributed by atoms with Crippen molar-refractivity contribution in [2.24, 2.45) is 5.41 Å². The van der Waals surface area contributed by atoms with Crippen molar-refractivity contribution in [1.29, 1.82) is 0 Å². The van der Waals surface area contributed by atoms with Crippen molar-refractivity contribution in [2.45, 2.75) is 38.6 Å². The van der Waals surface area contributed by atoms with Crippen molar-refractivity contribution in [2.75, 3.05) is 19.1 Å². The summed E-state index contributed by atoms with van der Waals surface area (Å²) in [6.07, 6.45) is 2.65. The Hall–Kier alpha value is -1.11. The largest absolute Gasteiger partial charge is 0.480 e. The van der Waals surface area contributed by atoms with Crippen molar-refractivity contribution in [3.63, 3.8) is 0 Å². The van der Waals surface area contributed by atoms with Gasteiger partial charge in [-0.05, 0) is 32.1 Å². The summed E-state index contributed by atoms with van der Waals surface area (Å²) in [7, 11) is -1.69. The van der Waals surface area contributed by atoms with Crippen LogP contribution >= 0.6 is 0 Å². The quantitative estimate of drug-likeness (QED) is 0.770. The second-order valence-electron chi connectivity index (χ2n) is 6.06. The molecule has 0 aliphatic heterocycles. The van der Waals surface area contributed by atoms with E-state index in [1.807, 2.05) is 0 Å². The van der Waals surface area contributed by atoms with Crippen LogP contribution in [0.2, 0.25) is 0 Å². The first-order chi connectivity index (χ1) is 8.40. The molecule has 0 aromatic rings. The molecule has 7 heteroatoms. The van der Waals surface area contributed by atoms with Crippen molar-refractivity contribution in [3.8, 4) is 0 Å². The lowest BCUT2D eigenvalue weighted by molar-refractivity contribution is -0.155. The molecular weight excluding hydrogens is 270 g/mol. The van der Waals surface area contributed by atoms with E-state index in [-0.39, 0.29) is 18.1 Å². The molecule has 0 bridgehead atoms. The monoisotopic (exact) mass is 291 g/mol. The van der Waals surface area contributed by atoms with Gasteiger partial charge in [-0.2, -0.15) is 0 Å². The molecule has 0 spiro atoms. The molecule has 1 N–H and O–H groups in total. The number of carbonyl (C=O) groups is 2. The second kappa shape index (κ2) is 4.77. The molecule has 0 aromatic carbocycles. The Kier molecular flexibility index (Phi) is 4.01. The minimum absolute atomic E-state index is 0.00687. The molecule has 110 valence electrons. The number of carboxylic acid groups (broad SMARTS) is 1. The lowest BCUT2D eigenvalue weighted by Crippen LogP contribution is -2.51. The standard InChI is InChI=1S/C12H21NO5S/c1-11(2,10(15)16)13(3)9(14)7-12(5-6-12)8-19(4,17)18/h5-8H2,1-4H3,(H,15,16). The molecule has 0 radical (unpaired) electrons. The van der Waals surface area contributed by atoms with Gasteiger partial charge in [-0.25, -0.2) is 13.2 Å². The number of sulfone groups is 1. The number of nitrogens with zero attached hydrogens (tertiary/aromatic N) is 1. The maximum absolute atomic E-state index is 12.1. The average Bonchev–Trinajstić information content (AvgIpc) is 2.92. The van der Waals surface area contributed by atoms with Crippen molar-refractivity contribution < 1.29 is 23.1 Å². The minimum Gasteiger partial charge on any atom is -0.480 e. The fraction of sp³-hybridized carbons (Fsp3) is 0.833. The first-order valence-electron chi connectivity index (χ1n) is 6.07. The zero-order chi connectivity index (χ0) is 15.1. The Morgan fingerprint density at radius 2 is 1.79 bits per heavy atom. The van der Waals surface area contributed by atoms with Gasteiger partial charge < -0.3 is 10.0 Å². The number of rotatable bonds is 6. The fourth-order valence-corrected chi connectivity index (χ4v) is 3.50. The van der Waals surface area contributed by atoms with Crippen LogP contribution in [-0.4, -0.2) is 54.9 Å². The van der Waals surface area contributed by atoms with Gasteiger partial charge in [-0.1, -0.05) is 0 Å². The van der Waals surface area contributed by atoms with Gasteiger partial charge in [0.15, 0.2) is 0 Å². The molecule has 1 rings (SSSR count). The summed E-state index contributed by atoms with van der Waals surface area (Å²) < 4.78 is 22.6. The van der Waals surface area contributed by atoms with E-state index in [9.17, 15) is 18.0 Å². The Morgan fingerprint density at radius 1 is 1.32 bits per heavy atom. The van der Waals surface area contributed by atoms with Crippen molar-refractivity contribution in [3.05, 3.63) is 0 Å². The number of hydrogen-bond donors (Lipinski definition) is 1. The number of hydrogen-bond acceptors (Lipinski definition) is 4. The fourth-order valence-electron chi connectivity index (χ4n) is 2.00. The predicted octanol–water partition coefficient (Wildman–Crippen LogP) is 0.523. The summed E-state index contributed by atoms with van der Waals surface area (Å²) in [5, 5.41) is 9.07. The minimum atomic E-state index is -3.13. The number of aliphatic carboxylic acids is 1. The third-order valence-corrected chi connectivity index (χ3v) is 4.92. The summed E-state index contributed by atoms with van der Waals surface area (Å²) in [6, 6.07) is 0. The van der Waals surface area contributed by atoms with E-state index < -0.39 is 26.8 Å². The molecule has 1 aliphatic carbocycles. The zero-order valence-corrected chi connectivity index (χ0v) is 12.6. The van der Waals surface area contributed by atoms with Crippen LogP contribution in [0.3, 0.4) is 0 Å². The van der Waals surface area contributed by atoms with Gasteiger partial charge in [0.05, 0.1) is 5.75 Å². The molecule has 1 saturated carbocycles. The molecule has 1 aliphatic rings. The van der Waals surface area contributed by atoms with Gasteiger partial charge in [-0.3, -0.25) is 4.79 Å². The lowest BCUT2D eigenvalue weighted by atomic mass is 9.99. The van der Waals surface area contributed by atoms with Gasteiger partial charge in [0, 0.05) is 19.7 Å². The highest BCUT2D eigenvalue weighted by Crippen LogP contribution is 2.50. The summed E-state index contributed by atoms with van der Waals surface area (Å²) in [6.45, 7) is 2.90. The smallest absolute Gasteiger partial charge is 0.329 e. The van der Waals surface area contributed by atoms with Gasteiger partial charge in [0.25, 0.3) is 0 Å². The van der Waals surface area contributed by atoms with Crippen LogP contribution in [0.4, 0.5) is 0 Å². The van der Waals surface area contributed by atoms with E-state index in [1.165, 1.54) is 25.8 Å². The van der Waals surface area contributed by atoms with E-state index in [0.29, 0.717) is 12.8 Å². The molecule has 1 fully saturated rings.